The number of benzene rings is 1. The lowest BCUT2D eigenvalue weighted by atomic mass is 9.78. The minimum atomic E-state index is -2.08. The monoisotopic (exact) mass is 710 g/mol. The first-order valence-electron chi connectivity index (χ1n) is 16.6. The quantitative estimate of drug-likeness (QED) is 0.279. The number of rotatable bonds is 2. The second-order valence-electron chi connectivity index (χ2n) is 13.6. The topological polar surface area (TPSA) is 221 Å². The van der Waals surface area contributed by atoms with E-state index in [-0.39, 0.29) is 22.4 Å². The average Bonchev–Trinajstić information content (AvgIpc) is 3.35. The van der Waals surface area contributed by atoms with Crippen LogP contribution in [0.15, 0.2) is 47.5 Å². The minimum Gasteiger partial charge on any atom is -0.507 e. The molecule has 9 atom stereocenters. The number of ketones is 3. The molecule has 3 heterocycles. The lowest BCUT2D eigenvalue weighted by Crippen LogP contribution is -2.46. The summed E-state index contributed by atoms with van der Waals surface area (Å²) in [5.41, 5.74) is 3.62. The van der Waals surface area contributed by atoms with Crippen LogP contribution in [0.3, 0.4) is 0 Å². The van der Waals surface area contributed by atoms with Crippen molar-refractivity contribution in [2.75, 3.05) is 7.11 Å². The molecular formula is C37H46N2O12. The summed E-state index contributed by atoms with van der Waals surface area (Å²) < 4.78 is 23.1. The molecule has 4 aliphatic rings. The number of hydrogen-bond acceptors (Lipinski definition) is 13. The van der Waals surface area contributed by atoms with Crippen LogP contribution in [0.25, 0.3) is 0 Å². The van der Waals surface area contributed by atoms with Crippen LogP contribution in [0.1, 0.15) is 85.1 Å². The predicted octanol–water partition coefficient (Wildman–Crippen LogP) is 2.92. The summed E-state index contributed by atoms with van der Waals surface area (Å²) in [6, 6.07) is 0. The van der Waals surface area contributed by atoms with Crippen molar-refractivity contribution in [2.45, 2.75) is 85.6 Å². The van der Waals surface area contributed by atoms with Crippen molar-refractivity contribution in [1.82, 2.24) is 5.32 Å². The molecule has 0 saturated heterocycles. The molecule has 0 spiro atoms. The molecule has 0 unspecified atom stereocenters. The Bertz CT molecular complexity index is 1770. The van der Waals surface area contributed by atoms with Crippen molar-refractivity contribution in [3.8, 4) is 11.5 Å². The standard InChI is InChI=1S/C37H46N2O12/c1-15-11-10-12-16(2)36(47)39-27-26(38)31(44)23-24(32(27)45)30(43)20(6)34-25(23)35(46)37(8,51-34)49-14-13-22(48-9)17(3)33(50-21(7)40)19(5)29(42)18(4)28(15)41/h10-15,17-19,22,28-29,33,41-43H,38H2,1-9H3,(H,39,47)/b11-10-,14-13-,16-12-/t15-,17+,18+,19+,22-,28-,29+,33+,37-/m0/s1. The van der Waals surface area contributed by atoms with E-state index in [2.05, 4.69) is 5.32 Å². The molecule has 5 rings (SSSR count). The summed E-state index contributed by atoms with van der Waals surface area (Å²) in [4.78, 5) is 66.8. The first-order valence-corrected chi connectivity index (χ1v) is 16.6. The Morgan fingerprint density at radius 1 is 0.941 bits per heavy atom. The number of methoxy groups -OCH3 is 1. The van der Waals surface area contributed by atoms with Crippen molar-refractivity contribution in [1.29, 1.82) is 0 Å². The summed E-state index contributed by atoms with van der Waals surface area (Å²) in [6.07, 6.45) is 3.25. The Hall–Kier alpha value is -4.79. The van der Waals surface area contributed by atoms with Gasteiger partial charge in [0.2, 0.25) is 11.6 Å². The van der Waals surface area contributed by atoms with Gasteiger partial charge in [0, 0.05) is 55.8 Å². The summed E-state index contributed by atoms with van der Waals surface area (Å²) in [7, 11) is 1.41. The van der Waals surface area contributed by atoms with Crippen molar-refractivity contribution in [3.05, 3.63) is 69.8 Å². The van der Waals surface area contributed by atoms with Gasteiger partial charge < -0.3 is 45.3 Å². The highest BCUT2D eigenvalue weighted by molar-refractivity contribution is 6.32. The van der Waals surface area contributed by atoms with E-state index in [9.17, 15) is 39.3 Å². The zero-order chi connectivity index (χ0) is 38.3. The van der Waals surface area contributed by atoms with Gasteiger partial charge in [-0.15, -0.1) is 0 Å². The van der Waals surface area contributed by atoms with Crippen LogP contribution < -0.4 is 15.8 Å². The Kier molecular flexibility index (Phi) is 11.3. The molecule has 0 aromatic heterocycles. The zero-order valence-corrected chi connectivity index (χ0v) is 30.1. The van der Waals surface area contributed by atoms with Crippen LogP contribution in [0.5, 0.6) is 11.5 Å². The van der Waals surface area contributed by atoms with E-state index >= 15 is 0 Å². The van der Waals surface area contributed by atoms with Gasteiger partial charge in [0.1, 0.15) is 29.0 Å². The maximum atomic E-state index is 13.9. The minimum absolute atomic E-state index is 0.0295. The fourth-order valence-corrected chi connectivity index (χ4v) is 6.72. The van der Waals surface area contributed by atoms with Crippen molar-refractivity contribution < 1.29 is 58.2 Å². The van der Waals surface area contributed by atoms with E-state index in [1.807, 2.05) is 0 Å². The number of carbonyl (C=O) groups excluding carboxylic acids is 5. The number of aliphatic hydroxyl groups is 2. The summed E-state index contributed by atoms with van der Waals surface area (Å²) in [6.45, 7) is 12.2. The Labute approximate surface area is 296 Å². The van der Waals surface area contributed by atoms with Crippen LogP contribution in [-0.4, -0.2) is 81.9 Å². The lowest BCUT2D eigenvalue weighted by molar-refractivity contribution is -0.160. The lowest BCUT2D eigenvalue weighted by Gasteiger charge is -2.38. The van der Waals surface area contributed by atoms with Crippen LogP contribution in [0.4, 0.5) is 0 Å². The molecule has 3 aliphatic heterocycles. The van der Waals surface area contributed by atoms with Gasteiger partial charge in [-0.05, 0) is 19.9 Å². The van der Waals surface area contributed by atoms with Crippen LogP contribution in [0.2, 0.25) is 0 Å². The molecule has 14 heteroatoms. The number of aromatic hydroxyl groups is 1. The molecule has 1 aromatic carbocycles. The highest BCUT2D eigenvalue weighted by Crippen LogP contribution is 2.48. The Morgan fingerprint density at radius 2 is 1.59 bits per heavy atom. The summed E-state index contributed by atoms with van der Waals surface area (Å²) >= 11 is 0. The van der Waals surface area contributed by atoms with Gasteiger partial charge in [0.15, 0.2) is 0 Å². The molecule has 1 aliphatic carbocycles. The van der Waals surface area contributed by atoms with Crippen molar-refractivity contribution in [2.24, 2.45) is 29.4 Å². The molecule has 6 N–H and O–H groups in total. The highest BCUT2D eigenvalue weighted by Gasteiger charge is 2.52. The SMILES string of the molecule is CO[C@H]1/C=C\O[C@@]2(C)Oc3c(C)c(O)c4c(c3C2=O)C(=O)C(N)=C(NC(=O)/C(C)=C\C=C/[C@H](C)[C@H](O)[C@@H](C)[C@@H](O)[C@@H](C)[C@H](OC(C)=O)[C@@H]1C)C4=O. The predicted molar refractivity (Wildman–Crippen MR) is 182 cm³/mol. The van der Waals surface area contributed by atoms with Crippen molar-refractivity contribution in [3.63, 3.8) is 0 Å². The maximum Gasteiger partial charge on any atom is 0.312 e. The molecule has 1 aromatic rings. The number of nitrogens with two attached hydrogens (primary N) is 1. The first kappa shape index (κ1) is 39.0. The number of aliphatic hydroxyl groups excluding tert-OH is 2. The third-order valence-electron chi connectivity index (χ3n) is 9.99. The molecule has 276 valence electrons. The van der Waals surface area contributed by atoms with Gasteiger partial charge in [0.05, 0.1) is 41.3 Å². The highest BCUT2D eigenvalue weighted by atomic mass is 16.7. The molecule has 1 amide bonds. The van der Waals surface area contributed by atoms with Crippen LogP contribution >= 0.6 is 0 Å². The zero-order valence-electron chi connectivity index (χ0n) is 30.1. The van der Waals surface area contributed by atoms with Crippen LogP contribution in [0, 0.1) is 30.6 Å². The van der Waals surface area contributed by atoms with Gasteiger partial charge in [-0.25, -0.2) is 0 Å². The van der Waals surface area contributed by atoms with Gasteiger partial charge in [-0.1, -0.05) is 45.9 Å². The third kappa shape index (κ3) is 7.08. The van der Waals surface area contributed by atoms with E-state index in [1.165, 1.54) is 53.0 Å². The molecule has 51 heavy (non-hydrogen) atoms. The van der Waals surface area contributed by atoms with Gasteiger partial charge >= 0.3 is 11.8 Å². The second kappa shape index (κ2) is 14.8. The van der Waals surface area contributed by atoms with Gasteiger partial charge in [-0.2, -0.15) is 0 Å². The largest absolute Gasteiger partial charge is 0.507 e. The normalized spacial score (nSPS) is 34.2. The molecule has 5 bridgehead atoms. The number of hydrogen-bond donors (Lipinski definition) is 5. The molecular weight excluding hydrogens is 664 g/mol. The number of nitrogens with one attached hydrogen (secondary N) is 1. The number of esters is 1. The summed E-state index contributed by atoms with van der Waals surface area (Å²) in [5.74, 6) is -9.62. The van der Waals surface area contributed by atoms with Gasteiger partial charge in [-0.3, -0.25) is 24.0 Å². The van der Waals surface area contributed by atoms with Gasteiger partial charge in [0.25, 0.3) is 11.7 Å². The number of carbonyl (C=O) groups is 5. The van der Waals surface area contributed by atoms with E-state index in [4.69, 9.17) is 24.7 Å². The molecule has 0 saturated carbocycles. The first-order chi connectivity index (χ1) is 23.8. The number of phenols is 1. The number of phenolic OH excluding ortho intramolecular Hbond substituents is 1. The van der Waals surface area contributed by atoms with E-state index in [0.29, 0.717) is 0 Å². The maximum absolute atomic E-state index is 13.9. The molecule has 14 nitrogen and oxygen atoms in total. The molecule has 0 fully saturated rings. The third-order valence-corrected chi connectivity index (χ3v) is 9.99. The second-order valence-corrected chi connectivity index (χ2v) is 13.6. The smallest absolute Gasteiger partial charge is 0.312 e. The van der Waals surface area contributed by atoms with E-state index in [1.54, 1.807) is 33.8 Å². The average molecular weight is 711 g/mol. The Morgan fingerprint density at radius 3 is 2.20 bits per heavy atom. The van der Waals surface area contributed by atoms with Crippen LogP contribution in [-0.2, 0) is 23.8 Å². The summed E-state index contributed by atoms with van der Waals surface area (Å²) in [5, 5.41) is 36.1. The number of ether oxygens (including phenoxy) is 4. The fraction of sp³-hybridized carbons (Fsp3) is 0.486. The fourth-order valence-electron chi connectivity index (χ4n) is 6.72. The molecule has 0 radical (unpaired) electrons. The number of allylic oxidation sites excluding steroid dienone is 4. The number of Topliss-reactive ketones (excluding diaryl/α,β-unsaturated/α-hetero) is 3. The number of amides is 1. The number of fused-ring (bicyclic) bond motifs is 14. The van der Waals surface area contributed by atoms with Crippen molar-refractivity contribution >= 4 is 29.2 Å². The van der Waals surface area contributed by atoms with E-state index < -0.39 is 111 Å². The van der Waals surface area contributed by atoms with E-state index in [0.717, 1.165) is 6.26 Å². The Balaban J connectivity index is 1.86.